The minimum atomic E-state index is -0.239. The molecule has 0 aliphatic carbocycles. The molecule has 1 unspecified atom stereocenters. The van der Waals surface area contributed by atoms with Crippen LogP contribution >= 0.6 is 27.3 Å². The molecule has 0 saturated carbocycles. The Morgan fingerprint density at radius 1 is 1.33 bits per heavy atom. The number of benzene rings is 1. The van der Waals surface area contributed by atoms with Gasteiger partial charge in [0.25, 0.3) is 0 Å². The van der Waals surface area contributed by atoms with E-state index in [1.807, 2.05) is 0 Å². The van der Waals surface area contributed by atoms with Crippen molar-refractivity contribution in [3.63, 3.8) is 0 Å². The van der Waals surface area contributed by atoms with Gasteiger partial charge in [0.05, 0.1) is 4.47 Å². The van der Waals surface area contributed by atoms with Crippen molar-refractivity contribution in [2.24, 2.45) is 5.73 Å². The molecule has 1 aromatic heterocycles. The predicted octanol–water partition coefficient (Wildman–Crippen LogP) is 4.45. The zero-order valence-electron chi connectivity index (χ0n) is 10.1. The summed E-state index contributed by atoms with van der Waals surface area (Å²) < 4.78 is 13.6. The topological polar surface area (TPSA) is 26.0 Å². The van der Waals surface area contributed by atoms with Gasteiger partial charge in [0, 0.05) is 15.8 Å². The van der Waals surface area contributed by atoms with Crippen LogP contribution in [0.3, 0.4) is 0 Å². The van der Waals surface area contributed by atoms with E-state index in [0.29, 0.717) is 4.47 Å². The average Bonchev–Trinajstić information content (AvgIpc) is 2.82. The Labute approximate surface area is 119 Å². The van der Waals surface area contributed by atoms with Crippen molar-refractivity contribution in [1.82, 2.24) is 0 Å². The molecule has 18 heavy (non-hydrogen) atoms. The molecule has 2 rings (SSSR count). The molecular weight excluding hydrogens is 313 g/mol. The number of thiophene rings is 1. The molecule has 0 spiro atoms. The van der Waals surface area contributed by atoms with Gasteiger partial charge in [-0.15, -0.1) is 11.3 Å². The van der Waals surface area contributed by atoms with Crippen LogP contribution in [0.25, 0.3) is 0 Å². The van der Waals surface area contributed by atoms with Crippen molar-refractivity contribution < 1.29 is 4.39 Å². The summed E-state index contributed by atoms with van der Waals surface area (Å²) in [6, 6.07) is 9.25. The van der Waals surface area contributed by atoms with E-state index in [9.17, 15) is 4.39 Å². The summed E-state index contributed by atoms with van der Waals surface area (Å²) >= 11 is 4.95. The highest BCUT2D eigenvalue weighted by Gasteiger charge is 2.11. The Morgan fingerprint density at radius 2 is 2.11 bits per heavy atom. The Morgan fingerprint density at radius 3 is 2.72 bits per heavy atom. The second kappa shape index (κ2) is 5.95. The number of hydrogen-bond acceptors (Lipinski definition) is 2. The molecule has 0 radical (unpaired) electrons. The van der Waals surface area contributed by atoms with E-state index >= 15 is 0 Å². The summed E-state index contributed by atoms with van der Waals surface area (Å²) in [6.07, 6.45) is 1.77. The minimum absolute atomic E-state index is 0.0207. The van der Waals surface area contributed by atoms with Gasteiger partial charge in [0.2, 0.25) is 0 Å². The molecule has 1 nitrogen and oxygen atoms in total. The summed E-state index contributed by atoms with van der Waals surface area (Å²) in [5.74, 6) is -0.239. The number of rotatable bonds is 4. The van der Waals surface area contributed by atoms with Crippen LogP contribution in [0.5, 0.6) is 0 Å². The molecule has 1 aromatic carbocycles. The zero-order valence-corrected chi connectivity index (χ0v) is 12.5. The van der Waals surface area contributed by atoms with Crippen molar-refractivity contribution in [1.29, 1.82) is 0 Å². The average molecular weight is 328 g/mol. The molecule has 0 fully saturated rings. The fourth-order valence-corrected chi connectivity index (χ4v) is 3.19. The summed E-state index contributed by atoms with van der Waals surface area (Å²) in [7, 11) is 0. The van der Waals surface area contributed by atoms with Gasteiger partial charge in [-0.3, -0.25) is 0 Å². The molecular formula is C14H15BrFNS. The van der Waals surface area contributed by atoms with Crippen LogP contribution in [0.1, 0.15) is 28.3 Å². The van der Waals surface area contributed by atoms with Gasteiger partial charge in [0.15, 0.2) is 0 Å². The zero-order chi connectivity index (χ0) is 13.1. The van der Waals surface area contributed by atoms with Gasteiger partial charge < -0.3 is 5.73 Å². The molecule has 0 aliphatic rings. The molecule has 96 valence electrons. The highest BCUT2D eigenvalue weighted by molar-refractivity contribution is 9.10. The highest BCUT2D eigenvalue weighted by Crippen LogP contribution is 2.26. The van der Waals surface area contributed by atoms with Crippen molar-refractivity contribution in [3.8, 4) is 0 Å². The molecule has 1 heterocycles. The largest absolute Gasteiger partial charge is 0.323 e. The predicted molar refractivity (Wildman–Crippen MR) is 78.4 cm³/mol. The maximum Gasteiger partial charge on any atom is 0.137 e. The molecule has 2 N–H and O–H groups in total. The molecule has 4 heteroatoms. The molecule has 0 amide bonds. The fourth-order valence-electron chi connectivity index (χ4n) is 1.80. The van der Waals surface area contributed by atoms with E-state index in [-0.39, 0.29) is 11.9 Å². The summed E-state index contributed by atoms with van der Waals surface area (Å²) in [5, 5.41) is 0. The smallest absolute Gasteiger partial charge is 0.137 e. The Bertz CT molecular complexity index is 538. The van der Waals surface area contributed by atoms with E-state index in [1.165, 1.54) is 15.8 Å². The lowest BCUT2D eigenvalue weighted by atomic mass is 10.1. The SMILES string of the molecule is CCc1ccc(C(N)Cc2ccc(F)c(Br)c2)s1. The van der Waals surface area contributed by atoms with Crippen LogP contribution in [0.4, 0.5) is 4.39 Å². The number of aryl methyl sites for hydroxylation is 1. The summed E-state index contributed by atoms with van der Waals surface area (Å²) in [4.78, 5) is 2.54. The van der Waals surface area contributed by atoms with Crippen LogP contribution < -0.4 is 5.73 Å². The van der Waals surface area contributed by atoms with Crippen LogP contribution in [-0.2, 0) is 12.8 Å². The number of nitrogens with two attached hydrogens (primary N) is 1. The summed E-state index contributed by atoms with van der Waals surface area (Å²) in [5.41, 5.74) is 7.23. The third-order valence-electron chi connectivity index (χ3n) is 2.84. The first-order valence-corrected chi connectivity index (χ1v) is 7.49. The standard InChI is InChI=1S/C14H15BrFNS/c1-2-10-4-6-14(18-10)13(17)8-9-3-5-12(16)11(15)7-9/h3-7,13H,2,8,17H2,1H3. The van der Waals surface area contributed by atoms with E-state index < -0.39 is 0 Å². The van der Waals surface area contributed by atoms with Gasteiger partial charge in [-0.05, 0) is 58.6 Å². The van der Waals surface area contributed by atoms with E-state index in [4.69, 9.17) is 5.73 Å². The Balaban J connectivity index is 2.10. The third-order valence-corrected chi connectivity index (χ3v) is 4.81. The van der Waals surface area contributed by atoms with Crippen molar-refractivity contribution in [2.75, 3.05) is 0 Å². The number of halogens is 2. The van der Waals surface area contributed by atoms with Gasteiger partial charge in [-0.2, -0.15) is 0 Å². The summed E-state index contributed by atoms with van der Waals surface area (Å²) in [6.45, 7) is 2.14. The van der Waals surface area contributed by atoms with Gasteiger partial charge in [0.1, 0.15) is 5.82 Å². The molecule has 1 atom stereocenters. The van der Waals surface area contributed by atoms with E-state index in [2.05, 4.69) is 35.0 Å². The van der Waals surface area contributed by atoms with Gasteiger partial charge >= 0.3 is 0 Å². The third kappa shape index (κ3) is 3.19. The van der Waals surface area contributed by atoms with Crippen LogP contribution in [-0.4, -0.2) is 0 Å². The first-order chi connectivity index (χ1) is 8.60. The van der Waals surface area contributed by atoms with Crippen molar-refractivity contribution in [3.05, 3.63) is 55.9 Å². The number of hydrogen-bond donors (Lipinski definition) is 1. The first kappa shape index (κ1) is 13.7. The molecule has 0 saturated heterocycles. The minimum Gasteiger partial charge on any atom is -0.323 e. The van der Waals surface area contributed by atoms with Crippen molar-refractivity contribution >= 4 is 27.3 Å². The van der Waals surface area contributed by atoms with Gasteiger partial charge in [-0.1, -0.05) is 13.0 Å². The highest BCUT2D eigenvalue weighted by atomic mass is 79.9. The Kier molecular flexibility index (Phi) is 4.54. The normalized spacial score (nSPS) is 12.7. The lowest BCUT2D eigenvalue weighted by molar-refractivity contribution is 0.619. The lowest BCUT2D eigenvalue weighted by Gasteiger charge is -2.10. The molecule has 0 bridgehead atoms. The first-order valence-electron chi connectivity index (χ1n) is 5.88. The van der Waals surface area contributed by atoms with E-state index in [0.717, 1.165) is 18.4 Å². The van der Waals surface area contributed by atoms with Crippen molar-refractivity contribution in [2.45, 2.75) is 25.8 Å². The van der Waals surface area contributed by atoms with E-state index in [1.54, 1.807) is 23.5 Å². The maximum atomic E-state index is 13.1. The van der Waals surface area contributed by atoms with Crippen LogP contribution in [0.15, 0.2) is 34.8 Å². The molecule has 2 aromatic rings. The Hall–Kier alpha value is -0.710. The fraction of sp³-hybridized carbons (Fsp3) is 0.286. The molecule has 0 aliphatic heterocycles. The second-order valence-electron chi connectivity index (χ2n) is 4.22. The maximum absolute atomic E-state index is 13.1. The van der Waals surface area contributed by atoms with Gasteiger partial charge in [-0.25, -0.2) is 4.39 Å². The van der Waals surface area contributed by atoms with Crippen LogP contribution in [0.2, 0.25) is 0 Å². The second-order valence-corrected chi connectivity index (χ2v) is 6.27. The lowest BCUT2D eigenvalue weighted by Crippen LogP contribution is -2.11. The quantitative estimate of drug-likeness (QED) is 0.881. The monoisotopic (exact) mass is 327 g/mol. The van der Waals surface area contributed by atoms with Crippen LogP contribution in [0, 0.1) is 5.82 Å².